The van der Waals surface area contributed by atoms with Crippen molar-refractivity contribution >= 4 is 5.97 Å². The Morgan fingerprint density at radius 2 is 1.90 bits per heavy atom. The lowest BCUT2D eigenvalue weighted by atomic mass is 9.93. The van der Waals surface area contributed by atoms with Crippen LogP contribution in [-0.2, 0) is 17.8 Å². The zero-order chi connectivity index (χ0) is 23.1. The van der Waals surface area contributed by atoms with E-state index in [1.807, 2.05) is 27.7 Å². The zero-order valence-corrected chi connectivity index (χ0v) is 18.0. The van der Waals surface area contributed by atoms with Crippen LogP contribution in [0.15, 0.2) is 24.3 Å². The number of halogens is 3. The minimum Gasteiger partial charge on any atom is -0.488 e. The molecule has 1 heterocycles. The third-order valence-electron chi connectivity index (χ3n) is 5.44. The van der Waals surface area contributed by atoms with Gasteiger partial charge in [-0.25, -0.2) is 0 Å². The van der Waals surface area contributed by atoms with Crippen LogP contribution in [0.25, 0.3) is 0 Å². The van der Waals surface area contributed by atoms with Crippen LogP contribution in [0.3, 0.4) is 0 Å². The molecule has 1 aliphatic rings. The van der Waals surface area contributed by atoms with Gasteiger partial charge < -0.3 is 19.3 Å². The summed E-state index contributed by atoms with van der Waals surface area (Å²) in [7, 11) is 0. The summed E-state index contributed by atoms with van der Waals surface area (Å²) in [6, 6.07) is 6.00. The Bertz CT molecular complexity index is 1010. The first-order valence-corrected chi connectivity index (χ1v) is 9.83. The third-order valence-corrected chi connectivity index (χ3v) is 5.44. The zero-order valence-electron chi connectivity index (χ0n) is 18.0. The molecule has 0 aliphatic carbocycles. The number of rotatable bonds is 6. The molecular weight excluding hydrogens is 413 g/mol. The van der Waals surface area contributed by atoms with Gasteiger partial charge in [0.2, 0.25) is 0 Å². The Kier molecular flexibility index (Phi) is 5.86. The maximum absolute atomic E-state index is 12.8. The molecule has 168 valence electrons. The molecule has 1 N–H and O–H groups in total. The number of hydrogen-bond donors (Lipinski definition) is 1. The van der Waals surface area contributed by atoms with Crippen molar-refractivity contribution in [2.45, 2.75) is 65.5 Å². The second-order valence-electron chi connectivity index (χ2n) is 8.41. The largest absolute Gasteiger partial charge is 0.573 e. The lowest BCUT2D eigenvalue weighted by Gasteiger charge is -2.20. The fraction of sp³-hybridized carbons (Fsp3) is 0.435. The molecule has 0 amide bonds. The Hall–Kier alpha value is -2.90. The summed E-state index contributed by atoms with van der Waals surface area (Å²) in [5, 5.41) is 9.27. The highest BCUT2D eigenvalue weighted by atomic mass is 19.4. The molecule has 31 heavy (non-hydrogen) atoms. The van der Waals surface area contributed by atoms with Crippen molar-refractivity contribution in [3.63, 3.8) is 0 Å². The molecule has 3 rings (SSSR count). The molecule has 0 radical (unpaired) electrons. The van der Waals surface area contributed by atoms with Gasteiger partial charge in [0.25, 0.3) is 0 Å². The SMILES string of the molecule is Cc1c(OCc2cc(OC(F)(F)F)cc3c2OC(C)(C)C3)ccc(C(C)C(=O)O)c1C. The van der Waals surface area contributed by atoms with Crippen molar-refractivity contribution in [2.75, 3.05) is 0 Å². The lowest BCUT2D eigenvalue weighted by molar-refractivity contribution is -0.274. The molecule has 0 aromatic heterocycles. The number of benzene rings is 2. The van der Waals surface area contributed by atoms with Crippen LogP contribution in [0.2, 0.25) is 0 Å². The van der Waals surface area contributed by atoms with E-state index in [1.165, 1.54) is 12.1 Å². The normalized spacial score (nSPS) is 15.7. The average molecular weight is 438 g/mol. The highest BCUT2D eigenvalue weighted by Gasteiger charge is 2.36. The van der Waals surface area contributed by atoms with Crippen LogP contribution < -0.4 is 14.2 Å². The molecule has 1 unspecified atom stereocenters. The van der Waals surface area contributed by atoms with Crippen molar-refractivity contribution in [1.29, 1.82) is 0 Å². The van der Waals surface area contributed by atoms with E-state index in [0.717, 1.165) is 11.1 Å². The monoisotopic (exact) mass is 438 g/mol. The number of carboxylic acid groups (broad SMARTS) is 1. The Balaban J connectivity index is 1.90. The first-order valence-electron chi connectivity index (χ1n) is 9.83. The van der Waals surface area contributed by atoms with Gasteiger partial charge in [-0.05, 0) is 69.5 Å². The van der Waals surface area contributed by atoms with Crippen LogP contribution in [-0.4, -0.2) is 23.0 Å². The van der Waals surface area contributed by atoms with E-state index in [9.17, 15) is 23.1 Å². The van der Waals surface area contributed by atoms with Crippen molar-refractivity contribution in [1.82, 2.24) is 0 Å². The summed E-state index contributed by atoms with van der Waals surface area (Å²) in [5.74, 6) is -0.877. The van der Waals surface area contributed by atoms with Crippen LogP contribution in [0.5, 0.6) is 17.2 Å². The van der Waals surface area contributed by atoms with Gasteiger partial charge in [-0.1, -0.05) is 6.07 Å². The Morgan fingerprint density at radius 3 is 2.52 bits per heavy atom. The minimum atomic E-state index is -4.80. The highest BCUT2D eigenvalue weighted by molar-refractivity contribution is 5.76. The minimum absolute atomic E-state index is 0.0262. The highest BCUT2D eigenvalue weighted by Crippen LogP contribution is 2.42. The van der Waals surface area contributed by atoms with E-state index in [1.54, 1.807) is 19.1 Å². The predicted octanol–water partition coefficient (Wildman–Crippen LogP) is 5.68. The molecule has 1 aliphatic heterocycles. The van der Waals surface area contributed by atoms with Gasteiger partial charge in [0.1, 0.15) is 29.5 Å². The molecular formula is C23H25F3O5. The molecule has 0 bridgehead atoms. The van der Waals surface area contributed by atoms with Gasteiger partial charge in [-0.3, -0.25) is 4.79 Å². The molecule has 0 spiro atoms. The molecule has 2 aromatic rings. The van der Waals surface area contributed by atoms with Gasteiger partial charge in [-0.15, -0.1) is 13.2 Å². The molecule has 0 saturated heterocycles. The summed E-state index contributed by atoms with van der Waals surface area (Å²) in [4.78, 5) is 11.3. The molecule has 0 fully saturated rings. The number of carboxylic acids is 1. The fourth-order valence-electron chi connectivity index (χ4n) is 3.79. The lowest BCUT2D eigenvalue weighted by Crippen LogP contribution is -2.25. The fourth-order valence-corrected chi connectivity index (χ4v) is 3.79. The first-order chi connectivity index (χ1) is 14.3. The maximum Gasteiger partial charge on any atom is 0.573 e. The van der Waals surface area contributed by atoms with Gasteiger partial charge in [0, 0.05) is 17.5 Å². The van der Waals surface area contributed by atoms with Crippen molar-refractivity contribution in [3.8, 4) is 17.2 Å². The number of aliphatic carboxylic acids is 1. The van der Waals surface area contributed by atoms with Crippen LogP contribution >= 0.6 is 0 Å². The second-order valence-corrected chi connectivity index (χ2v) is 8.41. The van der Waals surface area contributed by atoms with E-state index >= 15 is 0 Å². The summed E-state index contributed by atoms with van der Waals surface area (Å²) in [6.45, 7) is 8.93. The van der Waals surface area contributed by atoms with Crippen LogP contribution in [0, 0.1) is 13.8 Å². The standard InChI is InChI=1S/C23H25F3O5/c1-12-13(2)19(7-6-18(12)14(3)21(27)28)29-11-16-9-17(30-23(24,25)26)8-15-10-22(4,5)31-20(15)16/h6-9,14H,10-11H2,1-5H3,(H,27,28). The number of alkyl halides is 3. The topological polar surface area (TPSA) is 65.0 Å². The Labute approximate surface area is 178 Å². The van der Waals surface area contributed by atoms with Crippen molar-refractivity contribution in [3.05, 3.63) is 52.1 Å². The molecule has 2 aromatic carbocycles. The van der Waals surface area contributed by atoms with Crippen LogP contribution in [0.4, 0.5) is 13.2 Å². The molecule has 0 saturated carbocycles. The van der Waals surface area contributed by atoms with Gasteiger partial charge in [-0.2, -0.15) is 0 Å². The second kappa shape index (κ2) is 7.98. The van der Waals surface area contributed by atoms with E-state index in [0.29, 0.717) is 34.6 Å². The molecule has 5 nitrogen and oxygen atoms in total. The van der Waals surface area contributed by atoms with Gasteiger partial charge in [0.05, 0.1) is 5.92 Å². The van der Waals surface area contributed by atoms with E-state index < -0.39 is 23.9 Å². The number of carbonyl (C=O) groups is 1. The van der Waals surface area contributed by atoms with Gasteiger partial charge >= 0.3 is 12.3 Å². The van der Waals surface area contributed by atoms with Crippen molar-refractivity contribution < 1.29 is 37.3 Å². The number of hydrogen-bond acceptors (Lipinski definition) is 4. The molecule has 1 atom stereocenters. The number of fused-ring (bicyclic) bond motifs is 1. The average Bonchev–Trinajstić information content (AvgIpc) is 2.94. The first kappa shape index (κ1) is 22.8. The van der Waals surface area contributed by atoms with Crippen molar-refractivity contribution in [2.24, 2.45) is 0 Å². The smallest absolute Gasteiger partial charge is 0.488 e. The van der Waals surface area contributed by atoms with Gasteiger partial charge in [0.15, 0.2) is 0 Å². The quantitative estimate of drug-likeness (QED) is 0.628. The van der Waals surface area contributed by atoms with E-state index in [2.05, 4.69) is 4.74 Å². The Morgan fingerprint density at radius 1 is 1.23 bits per heavy atom. The summed E-state index contributed by atoms with van der Waals surface area (Å²) >= 11 is 0. The maximum atomic E-state index is 12.8. The summed E-state index contributed by atoms with van der Waals surface area (Å²) in [5.41, 5.74) is 2.78. The third kappa shape index (κ3) is 5.06. The summed E-state index contributed by atoms with van der Waals surface area (Å²) in [6.07, 6.45) is -4.35. The van der Waals surface area contributed by atoms with E-state index in [4.69, 9.17) is 9.47 Å². The summed E-state index contributed by atoms with van der Waals surface area (Å²) < 4.78 is 54.3. The number of ether oxygens (including phenoxy) is 3. The molecule has 8 heteroatoms. The van der Waals surface area contributed by atoms with Crippen LogP contribution in [0.1, 0.15) is 54.5 Å². The predicted molar refractivity (Wildman–Crippen MR) is 108 cm³/mol. The van der Waals surface area contributed by atoms with E-state index in [-0.39, 0.29) is 12.4 Å².